The Balaban J connectivity index is 2.38. The fourth-order valence-electron chi connectivity index (χ4n) is 1.48. The van der Waals surface area contributed by atoms with Crippen LogP contribution in [0.15, 0.2) is 24.3 Å². The lowest BCUT2D eigenvalue weighted by molar-refractivity contribution is 0.679. The first-order chi connectivity index (χ1) is 5.34. The molecule has 1 atom stereocenters. The third-order valence-corrected chi connectivity index (χ3v) is 2.31. The molecule has 0 radical (unpaired) electrons. The van der Waals surface area contributed by atoms with E-state index in [-0.39, 0.29) is 0 Å². The van der Waals surface area contributed by atoms with E-state index in [0.717, 1.165) is 12.3 Å². The van der Waals surface area contributed by atoms with Crippen molar-refractivity contribution in [2.75, 3.05) is 13.1 Å². The number of rotatable bonds is 3. The van der Waals surface area contributed by atoms with Crippen molar-refractivity contribution >= 4 is 0 Å². The van der Waals surface area contributed by atoms with Gasteiger partial charge in [0, 0.05) is 6.54 Å². The smallest absolute Gasteiger partial charge is 0.00172 e. The van der Waals surface area contributed by atoms with E-state index >= 15 is 0 Å². The van der Waals surface area contributed by atoms with Crippen LogP contribution < -0.4 is 5.32 Å². The van der Waals surface area contributed by atoms with E-state index in [1.165, 1.54) is 25.1 Å². The van der Waals surface area contributed by atoms with Crippen LogP contribution >= 0.6 is 0 Å². The first kappa shape index (κ1) is 8.54. The standard InChI is InChI=1S/C10H17N/c1-3-4-5-9(2)10-6-7-11-8-10/h3,5,10-11H,1,4,6-8H2,2H3/b9-5-. The van der Waals surface area contributed by atoms with Crippen LogP contribution in [0.4, 0.5) is 0 Å². The van der Waals surface area contributed by atoms with Gasteiger partial charge in [0.25, 0.3) is 0 Å². The molecule has 1 heterocycles. The van der Waals surface area contributed by atoms with Crippen LogP contribution in [-0.2, 0) is 0 Å². The van der Waals surface area contributed by atoms with Gasteiger partial charge in [0.05, 0.1) is 0 Å². The van der Waals surface area contributed by atoms with Crippen molar-refractivity contribution in [3.8, 4) is 0 Å². The number of allylic oxidation sites excluding steroid dienone is 2. The second-order valence-electron chi connectivity index (χ2n) is 3.16. The zero-order valence-corrected chi connectivity index (χ0v) is 7.27. The van der Waals surface area contributed by atoms with Crippen molar-refractivity contribution < 1.29 is 0 Å². The van der Waals surface area contributed by atoms with Gasteiger partial charge in [0.1, 0.15) is 0 Å². The molecule has 1 nitrogen and oxygen atoms in total. The molecule has 1 heteroatoms. The van der Waals surface area contributed by atoms with Gasteiger partial charge in [-0.05, 0) is 32.2 Å². The fourth-order valence-corrected chi connectivity index (χ4v) is 1.48. The van der Waals surface area contributed by atoms with E-state index in [4.69, 9.17) is 0 Å². The summed E-state index contributed by atoms with van der Waals surface area (Å²) in [6.45, 7) is 8.27. The molecule has 0 amide bonds. The number of hydrogen-bond acceptors (Lipinski definition) is 1. The molecule has 1 unspecified atom stereocenters. The summed E-state index contributed by atoms with van der Waals surface area (Å²) in [4.78, 5) is 0. The molecule has 11 heavy (non-hydrogen) atoms. The van der Waals surface area contributed by atoms with Crippen LogP contribution in [0.2, 0.25) is 0 Å². The topological polar surface area (TPSA) is 12.0 Å². The minimum absolute atomic E-state index is 0.787. The SMILES string of the molecule is C=CC/C=C(/C)C1CCNC1. The van der Waals surface area contributed by atoms with Gasteiger partial charge in [-0.1, -0.05) is 17.7 Å². The number of nitrogens with one attached hydrogen (secondary N) is 1. The average Bonchev–Trinajstić information content (AvgIpc) is 2.52. The summed E-state index contributed by atoms with van der Waals surface area (Å²) in [5.41, 5.74) is 1.52. The Hall–Kier alpha value is -0.560. The Bertz CT molecular complexity index is 152. The normalized spacial score (nSPS) is 25.5. The molecule has 0 aromatic heterocycles. The quantitative estimate of drug-likeness (QED) is 0.609. The third-order valence-electron chi connectivity index (χ3n) is 2.31. The maximum Gasteiger partial charge on any atom is 0.00172 e. The molecule has 1 aliphatic heterocycles. The van der Waals surface area contributed by atoms with Gasteiger partial charge in [0.15, 0.2) is 0 Å². The van der Waals surface area contributed by atoms with Gasteiger partial charge in [-0.3, -0.25) is 0 Å². The van der Waals surface area contributed by atoms with Crippen LogP contribution in [-0.4, -0.2) is 13.1 Å². The minimum Gasteiger partial charge on any atom is -0.316 e. The minimum atomic E-state index is 0.787. The van der Waals surface area contributed by atoms with E-state index in [1.807, 2.05) is 6.08 Å². The van der Waals surface area contributed by atoms with Crippen LogP contribution in [0, 0.1) is 5.92 Å². The van der Waals surface area contributed by atoms with Gasteiger partial charge in [0.2, 0.25) is 0 Å². The number of hydrogen-bond donors (Lipinski definition) is 1. The Morgan fingerprint density at radius 1 is 1.73 bits per heavy atom. The lowest BCUT2D eigenvalue weighted by Crippen LogP contribution is -2.09. The van der Waals surface area contributed by atoms with Crippen LogP contribution in [0.5, 0.6) is 0 Å². The first-order valence-electron chi connectivity index (χ1n) is 4.33. The zero-order valence-electron chi connectivity index (χ0n) is 7.27. The second kappa shape index (κ2) is 4.35. The fraction of sp³-hybridized carbons (Fsp3) is 0.600. The monoisotopic (exact) mass is 151 g/mol. The lowest BCUT2D eigenvalue weighted by atomic mass is 9.99. The van der Waals surface area contributed by atoms with Crippen LogP contribution in [0.3, 0.4) is 0 Å². The zero-order chi connectivity index (χ0) is 8.10. The molecule has 0 saturated carbocycles. The van der Waals surface area contributed by atoms with E-state index in [0.29, 0.717) is 0 Å². The second-order valence-corrected chi connectivity index (χ2v) is 3.16. The van der Waals surface area contributed by atoms with Gasteiger partial charge in [-0.15, -0.1) is 6.58 Å². The first-order valence-corrected chi connectivity index (χ1v) is 4.33. The summed E-state index contributed by atoms with van der Waals surface area (Å²) in [5.74, 6) is 0.787. The maximum absolute atomic E-state index is 3.70. The van der Waals surface area contributed by atoms with Crippen molar-refractivity contribution in [2.24, 2.45) is 5.92 Å². The summed E-state index contributed by atoms with van der Waals surface area (Å²) < 4.78 is 0. The van der Waals surface area contributed by atoms with Gasteiger partial charge in [-0.25, -0.2) is 0 Å². The molecule has 0 bridgehead atoms. The molecule has 1 fully saturated rings. The van der Waals surface area contributed by atoms with E-state index in [2.05, 4.69) is 24.9 Å². The van der Waals surface area contributed by atoms with E-state index in [9.17, 15) is 0 Å². The van der Waals surface area contributed by atoms with Gasteiger partial charge >= 0.3 is 0 Å². The van der Waals surface area contributed by atoms with E-state index in [1.54, 1.807) is 0 Å². The summed E-state index contributed by atoms with van der Waals surface area (Å²) in [5, 5.41) is 3.36. The predicted molar refractivity (Wildman–Crippen MR) is 49.5 cm³/mol. The molecule has 0 spiro atoms. The maximum atomic E-state index is 3.70. The highest BCUT2D eigenvalue weighted by molar-refractivity contribution is 5.07. The Labute approximate surface area is 69.2 Å². The largest absolute Gasteiger partial charge is 0.316 e. The van der Waals surface area contributed by atoms with Crippen LogP contribution in [0.1, 0.15) is 19.8 Å². The molecule has 1 aliphatic rings. The Morgan fingerprint density at radius 2 is 2.55 bits per heavy atom. The highest BCUT2D eigenvalue weighted by Gasteiger charge is 2.14. The van der Waals surface area contributed by atoms with Crippen molar-refractivity contribution in [3.63, 3.8) is 0 Å². The Kier molecular flexibility index (Phi) is 3.37. The summed E-state index contributed by atoms with van der Waals surface area (Å²) >= 11 is 0. The van der Waals surface area contributed by atoms with Gasteiger partial charge < -0.3 is 5.32 Å². The molecule has 0 aromatic carbocycles. The molecule has 0 aliphatic carbocycles. The molecule has 1 N–H and O–H groups in total. The average molecular weight is 151 g/mol. The molecule has 1 saturated heterocycles. The summed E-state index contributed by atoms with van der Waals surface area (Å²) in [6, 6.07) is 0. The lowest BCUT2D eigenvalue weighted by Gasteiger charge is -2.07. The third kappa shape index (κ3) is 2.51. The van der Waals surface area contributed by atoms with Crippen molar-refractivity contribution in [1.29, 1.82) is 0 Å². The predicted octanol–water partition coefficient (Wildman–Crippen LogP) is 2.12. The highest BCUT2D eigenvalue weighted by Crippen LogP contribution is 2.17. The summed E-state index contributed by atoms with van der Waals surface area (Å²) in [7, 11) is 0. The Morgan fingerprint density at radius 3 is 3.09 bits per heavy atom. The van der Waals surface area contributed by atoms with Crippen molar-refractivity contribution in [1.82, 2.24) is 5.32 Å². The van der Waals surface area contributed by atoms with Crippen molar-refractivity contribution in [2.45, 2.75) is 19.8 Å². The van der Waals surface area contributed by atoms with Crippen LogP contribution in [0.25, 0.3) is 0 Å². The summed E-state index contributed by atoms with van der Waals surface area (Å²) in [6.07, 6.45) is 6.55. The molecular weight excluding hydrogens is 134 g/mol. The molecule has 1 rings (SSSR count). The molecular formula is C10H17N. The van der Waals surface area contributed by atoms with E-state index < -0.39 is 0 Å². The molecule has 0 aromatic rings. The van der Waals surface area contributed by atoms with Gasteiger partial charge in [-0.2, -0.15) is 0 Å². The highest BCUT2D eigenvalue weighted by atomic mass is 14.9. The van der Waals surface area contributed by atoms with Crippen molar-refractivity contribution in [3.05, 3.63) is 24.3 Å². The molecule has 62 valence electrons.